The van der Waals surface area contributed by atoms with Gasteiger partial charge in [0, 0.05) is 0 Å². The van der Waals surface area contributed by atoms with Crippen molar-refractivity contribution >= 4 is 33.0 Å². The van der Waals surface area contributed by atoms with Gasteiger partial charge in [0.05, 0.1) is 10.6 Å². The number of rotatable bonds is 4. The minimum absolute atomic E-state index is 0.0304. The fourth-order valence-electron chi connectivity index (χ4n) is 1.61. The van der Waals surface area contributed by atoms with E-state index in [0.29, 0.717) is 5.56 Å². The molecular formula is C12H11NO4S2. The lowest BCUT2D eigenvalue weighted by molar-refractivity contribution is 0.0703. The van der Waals surface area contributed by atoms with Gasteiger partial charge in [-0.05, 0) is 30.0 Å². The SMILES string of the molecule is Cc1ccccc1S(=O)(=O)Nc1ccsc1C(=O)O. The summed E-state index contributed by atoms with van der Waals surface area (Å²) in [6.07, 6.45) is 0. The van der Waals surface area contributed by atoms with Gasteiger partial charge in [-0.15, -0.1) is 11.3 Å². The minimum Gasteiger partial charge on any atom is -0.477 e. The zero-order valence-electron chi connectivity index (χ0n) is 9.95. The van der Waals surface area contributed by atoms with Crippen molar-refractivity contribution in [3.8, 4) is 0 Å². The molecule has 1 aromatic carbocycles. The van der Waals surface area contributed by atoms with Crippen molar-refractivity contribution in [2.45, 2.75) is 11.8 Å². The molecule has 2 N–H and O–H groups in total. The molecule has 0 saturated carbocycles. The van der Waals surface area contributed by atoms with Gasteiger partial charge in [-0.25, -0.2) is 13.2 Å². The predicted molar refractivity (Wildman–Crippen MR) is 73.3 cm³/mol. The van der Waals surface area contributed by atoms with Gasteiger partial charge in [-0.2, -0.15) is 0 Å². The number of carbonyl (C=O) groups is 1. The molecule has 2 aromatic rings. The lowest BCUT2D eigenvalue weighted by Gasteiger charge is -2.09. The fourth-order valence-corrected chi connectivity index (χ4v) is 3.68. The molecule has 0 radical (unpaired) electrons. The smallest absolute Gasteiger partial charge is 0.348 e. The van der Waals surface area contributed by atoms with E-state index >= 15 is 0 Å². The highest BCUT2D eigenvalue weighted by molar-refractivity contribution is 7.92. The van der Waals surface area contributed by atoms with E-state index in [1.54, 1.807) is 25.1 Å². The molecule has 5 nitrogen and oxygen atoms in total. The lowest BCUT2D eigenvalue weighted by Crippen LogP contribution is -2.15. The van der Waals surface area contributed by atoms with E-state index < -0.39 is 16.0 Å². The van der Waals surface area contributed by atoms with Crippen LogP contribution < -0.4 is 4.72 Å². The van der Waals surface area contributed by atoms with E-state index in [4.69, 9.17) is 5.11 Å². The standard InChI is InChI=1S/C12H11NO4S2/c1-8-4-2-3-5-10(8)19(16,17)13-9-6-7-18-11(9)12(14)15/h2-7,13H,1H3,(H,14,15). The number of anilines is 1. The minimum atomic E-state index is -3.78. The first kappa shape index (κ1) is 13.6. The highest BCUT2D eigenvalue weighted by Crippen LogP contribution is 2.26. The number of aromatic carboxylic acids is 1. The number of benzene rings is 1. The lowest BCUT2D eigenvalue weighted by atomic mass is 10.2. The van der Waals surface area contributed by atoms with Crippen LogP contribution in [-0.2, 0) is 10.0 Å². The van der Waals surface area contributed by atoms with Crippen LogP contribution in [0.5, 0.6) is 0 Å². The highest BCUT2D eigenvalue weighted by atomic mass is 32.2. The van der Waals surface area contributed by atoms with Crippen molar-refractivity contribution in [2.24, 2.45) is 0 Å². The molecule has 100 valence electrons. The van der Waals surface area contributed by atoms with Crippen LogP contribution in [-0.4, -0.2) is 19.5 Å². The number of carboxylic acids is 1. The number of sulfonamides is 1. The second-order valence-electron chi connectivity index (χ2n) is 3.84. The average molecular weight is 297 g/mol. The van der Waals surface area contributed by atoms with Crippen molar-refractivity contribution in [1.29, 1.82) is 0 Å². The summed E-state index contributed by atoms with van der Waals surface area (Å²) in [5.41, 5.74) is 0.683. The van der Waals surface area contributed by atoms with Gasteiger partial charge in [0.1, 0.15) is 4.88 Å². The Bertz CT molecular complexity index is 719. The summed E-state index contributed by atoms with van der Waals surface area (Å²) >= 11 is 0.971. The van der Waals surface area contributed by atoms with Gasteiger partial charge >= 0.3 is 5.97 Å². The van der Waals surface area contributed by atoms with E-state index in [1.165, 1.54) is 17.5 Å². The fraction of sp³-hybridized carbons (Fsp3) is 0.0833. The van der Waals surface area contributed by atoms with Crippen LogP contribution >= 0.6 is 11.3 Å². The quantitative estimate of drug-likeness (QED) is 0.908. The Hall–Kier alpha value is -1.86. The second kappa shape index (κ2) is 5.02. The van der Waals surface area contributed by atoms with E-state index in [0.717, 1.165) is 11.3 Å². The zero-order valence-corrected chi connectivity index (χ0v) is 11.6. The maximum atomic E-state index is 12.2. The summed E-state index contributed by atoms with van der Waals surface area (Å²) in [5, 5.41) is 10.5. The number of hydrogen-bond acceptors (Lipinski definition) is 4. The van der Waals surface area contributed by atoms with Crippen LogP contribution in [0.3, 0.4) is 0 Å². The summed E-state index contributed by atoms with van der Waals surface area (Å²) < 4.78 is 26.7. The third-order valence-electron chi connectivity index (χ3n) is 2.49. The number of aryl methyl sites for hydroxylation is 1. The van der Waals surface area contributed by atoms with E-state index in [9.17, 15) is 13.2 Å². The molecule has 1 aromatic heterocycles. The van der Waals surface area contributed by atoms with E-state index in [1.807, 2.05) is 0 Å². The van der Waals surface area contributed by atoms with Gasteiger partial charge in [0.2, 0.25) is 0 Å². The number of hydrogen-bond donors (Lipinski definition) is 2. The molecule has 7 heteroatoms. The number of thiophene rings is 1. The molecule has 0 aliphatic rings. The third kappa shape index (κ3) is 2.77. The Kier molecular flexibility index (Phi) is 3.59. The predicted octanol–water partition coefficient (Wildman–Crippen LogP) is 2.56. The van der Waals surface area contributed by atoms with Gasteiger partial charge < -0.3 is 5.11 Å². The molecular weight excluding hydrogens is 286 g/mol. The molecule has 0 amide bonds. The molecule has 0 atom stereocenters. The molecule has 0 spiro atoms. The van der Waals surface area contributed by atoms with Crippen LogP contribution in [0.25, 0.3) is 0 Å². The molecule has 0 aliphatic heterocycles. The monoisotopic (exact) mass is 297 g/mol. The third-order valence-corrected chi connectivity index (χ3v) is 4.92. The van der Waals surface area contributed by atoms with Crippen molar-refractivity contribution in [2.75, 3.05) is 4.72 Å². The summed E-state index contributed by atoms with van der Waals surface area (Å²) in [6, 6.07) is 7.95. The average Bonchev–Trinajstić information content (AvgIpc) is 2.76. The van der Waals surface area contributed by atoms with Crippen molar-refractivity contribution < 1.29 is 18.3 Å². The summed E-state index contributed by atoms with van der Waals surface area (Å²) in [4.78, 5) is 11.1. The van der Waals surface area contributed by atoms with Crippen LogP contribution in [0, 0.1) is 6.92 Å². The maximum absolute atomic E-state index is 12.2. The van der Waals surface area contributed by atoms with Crippen LogP contribution in [0.15, 0.2) is 40.6 Å². The van der Waals surface area contributed by atoms with Gasteiger partial charge in [0.25, 0.3) is 10.0 Å². The van der Waals surface area contributed by atoms with Crippen molar-refractivity contribution in [3.05, 3.63) is 46.2 Å². The van der Waals surface area contributed by atoms with E-state index in [-0.39, 0.29) is 15.5 Å². The first-order chi connectivity index (χ1) is 8.92. The Morgan fingerprint density at radius 2 is 1.95 bits per heavy atom. The Balaban J connectivity index is 2.40. The molecule has 19 heavy (non-hydrogen) atoms. The molecule has 2 rings (SSSR count). The molecule has 0 bridgehead atoms. The molecule has 0 fully saturated rings. The first-order valence-corrected chi connectivity index (χ1v) is 7.67. The Labute approximate surface area is 114 Å². The van der Waals surface area contributed by atoms with Crippen LogP contribution in [0.2, 0.25) is 0 Å². The van der Waals surface area contributed by atoms with Gasteiger partial charge in [-0.1, -0.05) is 18.2 Å². The van der Waals surface area contributed by atoms with Crippen LogP contribution in [0.4, 0.5) is 5.69 Å². The topological polar surface area (TPSA) is 83.5 Å². The Morgan fingerprint density at radius 1 is 1.26 bits per heavy atom. The Morgan fingerprint density at radius 3 is 2.58 bits per heavy atom. The first-order valence-electron chi connectivity index (χ1n) is 5.31. The summed E-state index contributed by atoms with van der Waals surface area (Å²) in [5.74, 6) is -1.16. The molecule has 0 unspecified atom stereocenters. The zero-order chi connectivity index (χ0) is 14.0. The highest BCUT2D eigenvalue weighted by Gasteiger charge is 2.20. The normalized spacial score (nSPS) is 11.2. The van der Waals surface area contributed by atoms with E-state index in [2.05, 4.69) is 4.72 Å². The largest absolute Gasteiger partial charge is 0.477 e. The van der Waals surface area contributed by atoms with Crippen molar-refractivity contribution in [1.82, 2.24) is 0 Å². The molecule has 1 heterocycles. The maximum Gasteiger partial charge on any atom is 0.348 e. The van der Waals surface area contributed by atoms with Gasteiger partial charge in [-0.3, -0.25) is 4.72 Å². The number of nitrogens with one attached hydrogen (secondary N) is 1. The molecule has 0 aliphatic carbocycles. The van der Waals surface area contributed by atoms with Crippen molar-refractivity contribution in [3.63, 3.8) is 0 Å². The summed E-state index contributed by atoms with van der Waals surface area (Å²) in [7, 11) is -3.78. The second-order valence-corrected chi connectivity index (χ2v) is 6.41. The van der Waals surface area contributed by atoms with Gasteiger partial charge in [0.15, 0.2) is 0 Å². The van der Waals surface area contributed by atoms with Crippen LogP contribution in [0.1, 0.15) is 15.2 Å². The number of carboxylic acid groups (broad SMARTS) is 1. The molecule has 0 saturated heterocycles. The summed E-state index contributed by atoms with van der Waals surface area (Å²) in [6.45, 7) is 1.68.